The molecule has 106 valence electrons. The lowest BCUT2D eigenvalue weighted by Gasteiger charge is -2.32. The molecule has 1 N–H and O–H groups in total. The van der Waals surface area contributed by atoms with Crippen molar-refractivity contribution in [3.63, 3.8) is 0 Å². The van der Waals surface area contributed by atoms with Crippen LogP contribution in [0.2, 0.25) is 0 Å². The number of nitrogens with one attached hydrogen (secondary N) is 1. The van der Waals surface area contributed by atoms with E-state index in [1.54, 1.807) is 0 Å². The second kappa shape index (κ2) is 7.46. The van der Waals surface area contributed by atoms with Crippen molar-refractivity contribution in [3.8, 4) is 0 Å². The summed E-state index contributed by atoms with van der Waals surface area (Å²) in [6, 6.07) is 0.725. The zero-order chi connectivity index (χ0) is 12.8. The smallest absolute Gasteiger partial charge is 0.0707 e. The molecule has 3 heteroatoms. The molecule has 2 fully saturated rings. The van der Waals surface area contributed by atoms with Crippen LogP contribution in [0.1, 0.15) is 52.4 Å². The number of likely N-dealkylation sites (tertiary alicyclic amines) is 1. The van der Waals surface area contributed by atoms with E-state index in [-0.39, 0.29) is 0 Å². The number of rotatable bonds is 8. The molecule has 2 rings (SSSR count). The Morgan fingerprint density at radius 3 is 2.56 bits per heavy atom. The fourth-order valence-electron chi connectivity index (χ4n) is 3.24. The summed E-state index contributed by atoms with van der Waals surface area (Å²) in [4.78, 5) is 2.62. The van der Waals surface area contributed by atoms with Gasteiger partial charge in [0.1, 0.15) is 0 Å². The number of hydrogen-bond donors (Lipinski definition) is 1. The van der Waals surface area contributed by atoms with Crippen LogP contribution in [0.5, 0.6) is 0 Å². The van der Waals surface area contributed by atoms with Crippen LogP contribution in [0.3, 0.4) is 0 Å². The molecule has 2 saturated heterocycles. The average molecular weight is 254 g/mol. The maximum Gasteiger partial charge on any atom is 0.0707 e. The largest absolute Gasteiger partial charge is 0.372 e. The van der Waals surface area contributed by atoms with Crippen LogP contribution in [0.25, 0.3) is 0 Å². The summed E-state index contributed by atoms with van der Waals surface area (Å²) in [6.45, 7) is 9.32. The van der Waals surface area contributed by atoms with E-state index in [4.69, 9.17) is 4.74 Å². The first kappa shape index (κ1) is 14.3. The molecule has 2 heterocycles. The van der Waals surface area contributed by atoms with Gasteiger partial charge in [0.05, 0.1) is 12.2 Å². The molecule has 3 nitrogen and oxygen atoms in total. The predicted octanol–water partition coefficient (Wildman–Crippen LogP) is 2.41. The third kappa shape index (κ3) is 4.22. The molecule has 3 unspecified atom stereocenters. The highest BCUT2D eigenvalue weighted by atomic mass is 16.5. The van der Waals surface area contributed by atoms with Crippen LogP contribution < -0.4 is 5.32 Å². The molecule has 18 heavy (non-hydrogen) atoms. The van der Waals surface area contributed by atoms with Crippen molar-refractivity contribution in [1.82, 2.24) is 10.2 Å². The van der Waals surface area contributed by atoms with E-state index in [9.17, 15) is 0 Å². The fraction of sp³-hybridized carbons (Fsp3) is 1.00. The Morgan fingerprint density at radius 2 is 1.94 bits per heavy atom. The molecular formula is C15H30N2O. The first-order valence-electron chi connectivity index (χ1n) is 7.93. The van der Waals surface area contributed by atoms with Gasteiger partial charge in [-0.2, -0.15) is 0 Å². The van der Waals surface area contributed by atoms with Gasteiger partial charge in [-0.05, 0) is 51.6 Å². The molecule has 0 aromatic heterocycles. The van der Waals surface area contributed by atoms with Crippen molar-refractivity contribution >= 4 is 0 Å². The van der Waals surface area contributed by atoms with Gasteiger partial charge in [-0.3, -0.25) is 4.90 Å². The summed E-state index contributed by atoms with van der Waals surface area (Å²) in [6.07, 6.45) is 8.82. The monoisotopic (exact) mass is 254 g/mol. The van der Waals surface area contributed by atoms with E-state index in [0.717, 1.165) is 6.04 Å². The Bertz CT molecular complexity index is 223. The Morgan fingerprint density at radius 1 is 1.22 bits per heavy atom. The molecule has 0 saturated carbocycles. The topological polar surface area (TPSA) is 24.5 Å². The van der Waals surface area contributed by atoms with E-state index in [0.29, 0.717) is 12.2 Å². The van der Waals surface area contributed by atoms with Gasteiger partial charge in [0.15, 0.2) is 0 Å². The Labute approximate surface area is 112 Å². The van der Waals surface area contributed by atoms with E-state index in [1.807, 2.05) is 0 Å². The van der Waals surface area contributed by atoms with Crippen LogP contribution in [0.15, 0.2) is 0 Å². The number of morpholine rings is 1. The lowest BCUT2D eigenvalue weighted by molar-refractivity contribution is -0.0386. The molecule has 2 aliphatic heterocycles. The molecular weight excluding hydrogens is 224 g/mol. The normalized spacial score (nSPS) is 29.7. The van der Waals surface area contributed by atoms with Crippen molar-refractivity contribution in [1.29, 1.82) is 0 Å². The first-order valence-corrected chi connectivity index (χ1v) is 7.93. The Balaban J connectivity index is 1.59. The third-order valence-electron chi connectivity index (χ3n) is 4.32. The SMILES string of the molecule is CCCNC(CC)CCCN1CC2CCC(C1)O2. The molecule has 0 amide bonds. The molecule has 0 aromatic carbocycles. The van der Waals surface area contributed by atoms with Gasteiger partial charge in [0, 0.05) is 19.1 Å². The van der Waals surface area contributed by atoms with E-state index >= 15 is 0 Å². The highest BCUT2D eigenvalue weighted by Gasteiger charge is 2.33. The average Bonchev–Trinajstić information content (AvgIpc) is 2.73. The zero-order valence-electron chi connectivity index (χ0n) is 12.2. The summed E-state index contributed by atoms with van der Waals surface area (Å²) in [5, 5.41) is 3.64. The standard InChI is InChI=1S/C15H30N2O/c1-3-9-16-13(4-2)6-5-10-17-11-14-7-8-15(12-17)18-14/h13-16H,3-12H2,1-2H3. The van der Waals surface area contributed by atoms with Crippen LogP contribution in [-0.2, 0) is 4.74 Å². The zero-order valence-corrected chi connectivity index (χ0v) is 12.2. The van der Waals surface area contributed by atoms with Gasteiger partial charge < -0.3 is 10.1 Å². The maximum absolute atomic E-state index is 5.88. The summed E-state index contributed by atoms with van der Waals surface area (Å²) in [7, 11) is 0. The minimum atomic E-state index is 0.545. The van der Waals surface area contributed by atoms with E-state index in [2.05, 4.69) is 24.1 Å². The van der Waals surface area contributed by atoms with Gasteiger partial charge in [-0.1, -0.05) is 13.8 Å². The highest BCUT2D eigenvalue weighted by Crippen LogP contribution is 2.26. The predicted molar refractivity (Wildman–Crippen MR) is 75.9 cm³/mol. The highest BCUT2D eigenvalue weighted by molar-refractivity contribution is 4.84. The minimum absolute atomic E-state index is 0.545. The van der Waals surface area contributed by atoms with Crippen molar-refractivity contribution in [2.75, 3.05) is 26.2 Å². The summed E-state index contributed by atoms with van der Waals surface area (Å²) < 4.78 is 5.88. The molecule has 0 aliphatic carbocycles. The number of hydrogen-bond acceptors (Lipinski definition) is 3. The second-order valence-electron chi connectivity index (χ2n) is 5.92. The van der Waals surface area contributed by atoms with Gasteiger partial charge in [-0.15, -0.1) is 0 Å². The Kier molecular flexibility index (Phi) is 5.93. The van der Waals surface area contributed by atoms with Crippen LogP contribution >= 0.6 is 0 Å². The summed E-state index contributed by atoms with van der Waals surface area (Å²) >= 11 is 0. The maximum atomic E-state index is 5.88. The lowest BCUT2D eigenvalue weighted by Crippen LogP contribution is -2.43. The molecule has 0 spiro atoms. The molecule has 2 aliphatic rings. The second-order valence-corrected chi connectivity index (χ2v) is 5.92. The quantitative estimate of drug-likeness (QED) is 0.720. The summed E-state index contributed by atoms with van der Waals surface area (Å²) in [5.41, 5.74) is 0. The van der Waals surface area contributed by atoms with E-state index in [1.165, 1.54) is 64.7 Å². The van der Waals surface area contributed by atoms with Crippen molar-refractivity contribution < 1.29 is 4.74 Å². The van der Waals surface area contributed by atoms with Gasteiger partial charge in [0.2, 0.25) is 0 Å². The lowest BCUT2D eigenvalue weighted by atomic mass is 10.1. The van der Waals surface area contributed by atoms with Crippen LogP contribution in [-0.4, -0.2) is 49.3 Å². The van der Waals surface area contributed by atoms with Crippen molar-refractivity contribution in [2.45, 2.75) is 70.6 Å². The van der Waals surface area contributed by atoms with Crippen molar-refractivity contribution in [3.05, 3.63) is 0 Å². The van der Waals surface area contributed by atoms with Gasteiger partial charge in [0.25, 0.3) is 0 Å². The first-order chi connectivity index (χ1) is 8.81. The number of fused-ring (bicyclic) bond motifs is 2. The Hall–Kier alpha value is -0.120. The molecule has 0 aromatic rings. The molecule has 3 atom stereocenters. The van der Waals surface area contributed by atoms with E-state index < -0.39 is 0 Å². The van der Waals surface area contributed by atoms with Gasteiger partial charge >= 0.3 is 0 Å². The minimum Gasteiger partial charge on any atom is -0.372 e. The third-order valence-corrected chi connectivity index (χ3v) is 4.32. The van der Waals surface area contributed by atoms with Crippen LogP contribution in [0.4, 0.5) is 0 Å². The fourth-order valence-corrected chi connectivity index (χ4v) is 3.24. The number of nitrogens with zero attached hydrogens (tertiary/aromatic N) is 1. The van der Waals surface area contributed by atoms with Crippen molar-refractivity contribution in [2.24, 2.45) is 0 Å². The summed E-state index contributed by atoms with van der Waals surface area (Å²) in [5.74, 6) is 0. The number of ether oxygens (including phenoxy) is 1. The molecule has 0 radical (unpaired) electrons. The van der Waals surface area contributed by atoms with Crippen LogP contribution in [0, 0.1) is 0 Å². The molecule has 2 bridgehead atoms. The van der Waals surface area contributed by atoms with Gasteiger partial charge in [-0.25, -0.2) is 0 Å².